The van der Waals surface area contributed by atoms with Gasteiger partial charge < -0.3 is 5.32 Å². The van der Waals surface area contributed by atoms with Crippen LogP contribution in [-0.2, 0) is 19.3 Å². The second-order valence-corrected chi connectivity index (χ2v) is 9.03. The van der Waals surface area contributed by atoms with Crippen LogP contribution < -0.4 is 5.32 Å². The number of benzene rings is 1. The fraction of sp³-hybridized carbons (Fsp3) is 0.368. The maximum absolute atomic E-state index is 13.3. The van der Waals surface area contributed by atoms with Gasteiger partial charge >= 0.3 is 0 Å². The Kier molecular flexibility index (Phi) is 5.25. The number of rotatable bonds is 5. The lowest BCUT2D eigenvalue weighted by molar-refractivity contribution is 0.0957. The molecular weight excluding hydrogens is 391 g/mol. The number of thiophene rings is 1. The van der Waals surface area contributed by atoms with E-state index in [1.54, 1.807) is 6.07 Å². The number of thiazole rings is 1. The Morgan fingerprint density at radius 2 is 2.12 bits per heavy atom. The van der Waals surface area contributed by atoms with E-state index in [-0.39, 0.29) is 11.7 Å². The fourth-order valence-corrected chi connectivity index (χ4v) is 5.88. The molecule has 0 radical (unpaired) electrons. The Balaban J connectivity index is 1.34. The minimum absolute atomic E-state index is 0.199. The number of hydrogen-bond acceptors (Lipinski definition) is 4. The molecule has 0 aliphatic heterocycles. The van der Waals surface area contributed by atoms with Crippen molar-refractivity contribution in [1.29, 1.82) is 0 Å². The topological polar surface area (TPSA) is 42.0 Å². The van der Waals surface area contributed by atoms with E-state index in [0.29, 0.717) is 21.1 Å². The smallest absolute Gasteiger partial charge is 0.262 e. The lowest BCUT2D eigenvalue weighted by atomic mass is 10.0. The van der Waals surface area contributed by atoms with E-state index >= 15 is 0 Å². The van der Waals surface area contributed by atoms with E-state index in [1.807, 2.05) is 11.3 Å². The van der Waals surface area contributed by atoms with Gasteiger partial charge in [0.2, 0.25) is 0 Å². The highest BCUT2D eigenvalue weighted by Crippen LogP contribution is 2.35. The summed E-state index contributed by atoms with van der Waals surface area (Å²) in [5, 5.41) is 5.20. The van der Waals surface area contributed by atoms with Crippen LogP contribution in [0.3, 0.4) is 0 Å². The summed E-state index contributed by atoms with van der Waals surface area (Å²) in [5.41, 5.74) is 1.28. The molecule has 1 aliphatic carbocycles. The van der Waals surface area contributed by atoms with E-state index < -0.39 is 0 Å². The molecule has 0 fully saturated rings. The number of aryl methyl sites for hydroxylation is 3. The van der Waals surface area contributed by atoms with Crippen LogP contribution in [0.4, 0.5) is 4.39 Å². The molecule has 0 saturated carbocycles. The molecule has 0 bridgehead atoms. The van der Waals surface area contributed by atoms with Gasteiger partial charge in [0.15, 0.2) is 0 Å². The molecule has 1 N–H and O–H groups in total. The Morgan fingerprint density at radius 3 is 2.96 bits per heavy atom. The molecule has 1 aromatic carbocycles. The van der Waals surface area contributed by atoms with Crippen molar-refractivity contribution in [2.45, 2.75) is 38.5 Å². The van der Waals surface area contributed by atoms with Crippen LogP contribution in [-0.4, -0.2) is 17.4 Å². The zero-order valence-corrected chi connectivity index (χ0v) is 16.5. The highest BCUT2D eigenvalue weighted by atomic mass is 35.5. The summed E-state index contributed by atoms with van der Waals surface area (Å²) < 4.78 is 14.0. The number of carbonyl (C=O) groups is 1. The molecule has 1 amide bonds. The molecule has 0 saturated heterocycles. The molecule has 2 aromatic heterocycles. The molecule has 136 valence electrons. The molecular formula is C19H18ClFN2OS2. The van der Waals surface area contributed by atoms with Crippen molar-refractivity contribution in [2.24, 2.45) is 0 Å². The van der Waals surface area contributed by atoms with Gasteiger partial charge in [0, 0.05) is 27.9 Å². The van der Waals surface area contributed by atoms with E-state index in [9.17, 15) is 9.18 Å². The summed E-state index contributed by atoms with van der Waals surface area (Å²) in [6.07, 6.45) is 6.50. The van der Waals surface area contributed by atoms with Crippen molar-refractivity contribution in [2.75, 3.05) is 6.54 Å². The van der Waals surface area contributed by atoms with Crippen molar-refractivity contribution in [3.63, 3.8) is 0 Å². The Bertz CT molecular complexity index is 943. The molecule has 1 aliphatic rings. The minimum atomic E-state index is -0.325. The number of hydrogen-bond donors (Lipinski definition) is 1. The average molecular weight is 409 g/mol. The second-order valence-electron chi connectivity index (χ2n) is 6.43. The molecule has 0 atom stereocenters. The zero-order chi connectivity index (χ0) is 18.1. The Labute approximate surface area is 164 Å². The van der Waals surface area contributed by atoms with Crippen LogP contribution in [0.25, 0.3) is 10.1 Å². The fourth-order valence-electron chi connectivity index (χ4n) is 3.22. The van der Waals surface area contributed by atoms with Gasteiger partial charge in [0.05, 0.1) is 15.7 Å². The average Bonchev–Trinajstić information content (AvgIpc) is 3.19. The Morgan fingerprint density at radius 1 is 1.27 bits per heavy atom. The first-order valence-corrected chi connectivity index (χ1v) is 10.8. The summed E-state index contributed by atoms with van der Waals surface area (Å²) in [5.74, 6) is -0.524. The minimum Gasteiger partial charge on any atom is -0.351 e. The maximum Gasteiger partial charge on any atom is 0.262 e. The number of halogens is 2. The van der Waals surface area contributed by atoms with Gasteiger partial charge in [-0.15, -0.1) is 22.7 Å². The summed E-state index contributed by atoms with van der Waals surface area (Å²) in [4.78, 5) is 19.0. The van der Waals surface area contributed by atoms with Gasteiger partial charge in [-0.1, -0.05) is 11.6 Å². The van der Waals surface area contributed by atoms with Crippen LogP contribution in [0.5, 0.6) is 0 Å². The predicted molar refractivity (Wildman–Crippen MR) is 106 cm³/mol. The second kappa shape index (κ2) is 7.62. The molecule has 0 unspecified atom stereocenters. The van der Waals surface area contributed by atoms with Crippen LogP contribution >= 0.6 is 34.3 Å². The molecule has 7 heteroatoms. The number of amides is 1. The third-order valence-electron chi connectivity index (χ3n) is 4.54. The number of aromatic nitrogens is 1. The zero-order valence-electron chi connectivity index (χ0n) is 14.1. The summed E-state index contributed by atoms with van der Waals surface area (Å²) >= 11 is 9.33. The number of carbonyl (C=O) groups excluding carboxylic acids is 1. The van der Waals surface area contributed by atoms with Crippen molar-refractivity contribution < 1.29 is 9.18 Å². The molecule has 26 heavy (non-hydrogen) atoms. The monoisotopic (exact) mass is 408 g/mol. The van der Waals surface area contributed by atoms with Gasteiger partial charge in [0.1, 0.15) is 10.7 Å². The van der Waals surface area contributed by atoms with Gasteiger partial charge in [-0.05, 0) is 50.3 Å². The van der Waals surface area contributed by atoms with E-state index in [4.69, 9.17) is 16.6 Å². The summed E-state index contributed by atoms with van der Waals surface area (Å²) in [7, 11) is 0. The van der Waals surface area contributed by atoms with Crippen LogP contribution in [0.15, 0.2) is 18.2 Å². The van der Waals surface area contributed by atoms with Crippen LogP contribution in [0, 0.1) is 5.82 Å². The Hall–Kier alpha value is -1.50. The number of nitrogens with one attached hydrogen (secondary N) is 1. The van der Waals surface area contributed by atoms with Gasteiger partial charge in [-0.2, -0.15) is 0 Å². The van der Waals surface area contributed by atoms with Crippen molar-refractivity contribution in [3.8, 4) is 0 Å². The molecule has 2 heterocycles. The highest BCUT2D eigenvalue weighted by molar-refractivity contribution is 7.21. The first-order valence-electron chi connectivity index (χ1n) is 8.75. The maximum atomic E-state index is 13.3. The first-order chi connectivity index (χ1) is 12.6. The third-order valence-corrected chi connectivity index (χ3v) is 7.41. The lowest BCUT2D eigenvalue weighted by Gasteiger charge is -2.06. The normalized spacial score (nSPS) is 13.8. The quantitative estimate of drug-likeness (QED) is 0.575. The molecule has 3 nitrogen and oxygen atoms in total. The van der Waals surface area contributed by atoms with E-state index in [0.717, 1.165) is 31.1 Å². The van der Waals surface area contributed by atoms with Gasteiger partial charge in [-0.3, -0.25) is 4.79 Å². The summed E-state index contributed by atoms with van der Waals surface area (Å²) in [6, 6.07) is 4.38. The summed E-state index contributed by atoms with van der Waals surface area (Å²) in [6.45, 7) is 0.571. The SMILES string of the molecule is O=C(NCCCc1nc2c(s1)CCCC2)c1sc2cc(F)ccc2c1Cl. The molecule has 0 spiro atoms. The predicted octanol–water partition coefficient (Wildman–Crippen LogP) is 5.39. The van der Waals surface area contributed by atoms with Gasteiger partial charge in [0.25, 0.3) is 5.91 Å². The third kappa shape index (κ3) is 3.63. The number of nitrogens with zero attached hydrogens (tertiary/aromatic N) is 1. The first kappa shape index (κ1) is 17.9. The molecule has 3 aromatic rings. The standard InChI is InChI=1S/C19H18ClFN2OS2/c20-17-12-8-7-11(21)10-15(12)26-18(17)19(24)22-9-3-6-16-23-13-4-1-2-5-14(13)25-16/h7-8,10H,1-6,9H2,(H,22,24). The largest absolute Gasteiger partial charge is 0.351 e. The van der Waals surface area contributed by atoms with Crippen LogP contribution in [0.1, 0.15) is 44.5 Å². The van der Waals surface area contributed by atoms with Gasteiger partial charge in [-0.25, -0.2) is 9.37 Å². The van der Waals surface area contributed by atoms with E-state index in [2.05, 4.69) is 5.32 Å². The highest BCUT2D eigenvalue weighted by Gasteiger charge is 2.18. The van der Waals surface area contributed by atoms with Crippen LogP contribution in [0.2, 0.25) is 5.02 Å². The van der Waals surface area contributed by atoms with E-state index in [1.165, 1.54) is 51.9 Å². The van der Waals surface area contributed by atoms with Crippen molar-refractivity contribution in [1.82, 2.24) is 10.3 Å². The molecule has 4 rings (SSSR count). The van der Waals surface area contributed by atoms with Crippen molar-refractivity contribution >= 4 is 50.3 Å². The number of fused-ring (bicyclic) bond motifs is 2. The lowest BCUT2D eigenvalue weighted by Crippen LogP contribution is -2.24. The van der Waals surface area contributed by atoms with Crippen molar-refractivity contribution in [3.05, 3.63) is 49.5 Å².